The molecule has 0 fully saturated rings. The van der Waals surface area contributed by atoms with Crippen molar-refractivity contribution in [1.29, 1.82) is 0 Å². The third-order valence-corrected chi connectivity index (χ3v) is 3.56. The van der Waals surface area contributed by atoms with Crippen LogP contribution in [-0.4, -0.2) is 22.0 Å². The number of nitro benzene ring substituents is 1. The average molecular weight is 508 g/mol. The van der Waals surface area contributed by atoms with E-state index in [0.29, 0.717) is 0 Å². The van der Waals surface area contributed by atoms with Crippen molar-refractivity contribution in [2.75, 3.05) is 0 Å². The van der Waals surface area contributed by atoms with Crippen molar-refractivity contribution in [2.24, 2.45) is 5.10 Å². The minimum atomic E-state index is -0.579. The summed E-state index contributed by atoms with van der Waals surface area (Å²) >= 11 is 11.6. The predicted octanol–water partition coefficient (Wildman–Crippen LogP) is -3.69. The number of hydrogen-bond donors (Lipinski definition) is 1. The average Bonchev–Trinajstić information content (AvgIpc) is 2.55. The van der Waals surface area contributed by atoms with E-state index in [-0.39, 0.29) is 80.2 Å². The summed E-state index contributed by atoms with van der Waals surface area (Å²) in [4.78, 5) is 22.0. The van der Waals surface area contributed by atoms with Gasteiger partial charge < -0.3 is 35.4 Å². The first-order valence-electron chi connectivity index (χ1n) is 6.55. The topological polar surface area (TPSA) is 139 Å². The van der Waals surface area contributed by atoms with Crippen LogP contribution < -0.4 is 35.3 Å². The summed E-state index contributed by atoms with van der Waals surface area (Å²) in [6.07, 6.45) is 0. The van der Waals surface area contributed by atoms with Gasteiger partial charge in [0.1, 0.15) is 0 Å². The number of halogens is 4. The van der Waals surface area contributed by atoms with E-state index in [4.69, 9.17) is 23.2 Å². The number of nitrogens with one attached hydrogen (secondary N) is 1. The molecule has 0 saturated heterocycles. The monoisotopic (exact) mass is 506 g/mol. The number of carbonyl (C=O) groups excluding carboxylic acids is 1. The predicted molar refractivity (Wildman–Crippen MR) is 92.3 cm³/mol. The van der Waals surface area contributed by atoms with Crippen LogP contribution in [0.2, 0.25) is 10.0 Å². The Hall–Kier alpha value is -1.57. The summed E-state index contributed by atoms with van der Waals surface area (Å²) in [7, 11) is 0. The van der Waals surface area contributed by atoms with E-state index in [1.54, 1.807) is 0 Å². The SMILES string of the molecule is C/C(=N\NC(=O)c1ccc([N+](=O)[O-])cc1)c1cc(Cl)cc(Cl)c1[O-].O.[Cl-].[Cl-].[Cr+3]. The summed E-state index contributed by atoms with van der Waals surface area (Å²) in [5.74, 6) is -1.03. The van der Waals surface area contributed by atoms with Gasteiger partial charge in [0.15, 0.2) is 0 Å². The molecule has 0 aliphatic carbocycles. The van der Waals surface area contributed by atoms with E-state index in [2.05, 4.69) is 10.5 Å². The third kappa shape index (κ3) is 7.81. The van der Waals surface area contributed by atoms with Crippen LogP contribution in [0.5, 0.6) is 5.75 Å². The summed E-state index contributed by atoms with van der Waals surface area (Å²) in [5, 5.41) is 26.6. The minimum Gasteiger partial charge on any atom is -1.00 e. The Morgan fingerprint density at radius 2 is 1.68 bits per heavy atom. The zero-order valence-corrected chi connectivity index (χ0v) is 18.2. The first-order chi connectivity index (χ1) is 11.3. The van der Waals surface area contributed by atoms with Crippen LogP contribution in [0.25, 0.3) is 0 Å². The molecule has 0 bridgehead atoms. The van der Waals surface area contributed by atoms with E-state index in [1.165, 1.54) is 43.3 Å². The minimum absolute atomic E-state index is 0. The normalized spacial score (nSPS) is 9.61. The van der Waals surface area contributed by atoms with E-state index < -0.39 is 16.6 Å². The number of benzene rings is 2. The van der Waals surface area contributed by atoms with Crippen molar-refractivity contribution in [2.45, 2.75) is 6.92 Å². The molecule has 0 heterocycles. The Morgan fingerprint density at radius 3 is 2.18 bits per heavy atom. The molecular formula is C15H12Cl4CrN3O5. The molecule has 0 atom stereocenters. The number of nitro groups is 1. The number of rotatable bonds is 4. The van der Waals surface area contributed by atoms with Crippen LogP contribution in [-0.2, 0) is 17.4 Å². The van der Waals surface area contributed by atoms with Crippen LogP contribution >= 0.6 is 23.2 Å². The van der Waals surface area contributed by atoms with Gasteiger partial charge in [-0.05, 0) is 36.8 Å². The molecule has 2 aromatic rings. The standard InChI is InChI=1S/C15H11Cl2N3O4.2ClH.Cr.H2O/c1-8(12-6-10(16)7-13(17)14(12)21)18-19-15(22)9-2-4-11(5-3-9)20(23)24;;;;/h2-7,21H,1H3,(H,19,22);2*1H;;1H2/q;;;+3;/p-3/b18-8+;;;;. The first kappa shape index (κ1) is 31.1. The number of hydrazone groups is 1. The number of carbonyl (C=O) groups is 1. The molecule has 2 aromatic carbocycles. The number of hydrogen-bond acceptors (Lipinski definition) is 5. The van der Waals surface area contributed by atoms with Crippen LogP contribution in [0.15, 0.2) is 41.5 Å². The Morgan fingerprint density at radius 1 is 1.14 bits per heavy atom. The van der Waals surface area contributed by atoms with Crippen molar-refractivity contribution in [1.82, 2.24) is 5.43 Å². The molecule has 0 aliphatic rings. The van der Waals surface area contributed by atoms with Crippen molar-refractivity contribution >= 4 is 40.5 Å². The fraction of sp³-hybridized carbons (Fsp3) is 0.0667. The Labute approximate surface area is 193 Å². The summed E-state index contributed by atoms with van der Waals surface area (Å²) in [6, 6.07) is 7.72. The van der Waals surface area contributed by atoms with Gasteiger partial charge >= 0.3 is 17.4 Å². The van der Waals surface area contributed by atoms with Gasteiger partial charge in [0.2, 0.25) is 0 Å². The smallest absolute Gasteiger partial charge is 1.00 e. The maximum atomic E-state index is 12.0. The van der Waals surface area contributed by atoms with Gasteiger partial charge in [0.05, 0.1) is 10.6 Å². The zero-order chi connectivity index (χ0) is 17.9. The summed E-state index contributed by atoms with van der Waals surface area (Å²) in [6.45, 7) is 1.51. The molecule has 0 saturated carbocycles. The van der Waals surface area contributed by atoms with Gasteiger partial charge in [-0.3, -0.25) is 14.9 Å². The fourth-order valence-electron chi connectivity index (χ4n) is 1.82. The van der Waals surface area contributed by atoms with Gasteiger partial charge in [-0.2, -0.15) is 5.10 Å². The summed E-state index contributed by atoms with van der Waals surface area (Å²) < 4.78 is 0. The van der Waals surface area contributed by atoms with Crippen LogP contribution in [0.1, 0.15) is 22.8 Å². The molecule has 151 valence electrons. The Kier molecular flexibility index (Phi) is 15.1. The van der Waals surface area contributed by atoms with Gasteiger partial charge in [-0.1, -0.05) is 29.0 Å². The van der Waals surface area contributed by atoms with Gasteiger partial charge in [0.25, 0.3) is 11.6 Å². The largest absolute Gasteiger partial charge is 3.00 e. The van der Waals surface area contributed by atoms with Crippen LogP contribution in [0, 0.1) is 10.1 Å². The number of nitrogens with zero attached hydrogens (tertiary/aromatic N) is 2. The molecule has 13 heteroatoms. The van der Waals surface area contributed by atoms with E-state index in [0.717, 1.165) is 0 Å². The van der Waals surface area contributed by atoms with Gasteiger partial charge in [-0.15, -0.1) is 0 Å². The van der Waals surface area contributed by atoms with E-state index >= 15 is 0 Å². The van der Waals surface area contributed by atoms with Crippen molar-refractivity contribution in [3.63, 3.8) is 0 Å². The molecule has 28 heavy (non-hydrogen) atoms. The number of non-ortho nitro benzene ring substituents is 1. The fourth-order valence-corrected chi connectivity index (χ4v) is 2.32. The molecule has 1 radical (unpaired) electrons. The number of amides is 1. The Balaban J connectivity index is -0.00000156. The second kappa shape index (κ2) is 13.6. The van der Waals surface area contributed by atoms with Crippen molar-refractivity contribution < 1.29 is 62.5 Å². The van der Waals surface area contributed by atoms with Crippen LogP contribution in [0.3, 0.4) is 0 Å². The third-order valence-electron chi connectivity index (χ3n) is 3.06. The molecule has 1 amide bonds. The molecule has 2 rings (SSSR count). The molecule has 0 unspecified atom stereocenters. The molecule has 3 N–H and O–H groups in total. The quantitative estimate of drug-likeness (QED) is 0.258. The zero-order valence-electron chi connectivity index (χ0n) is 13.9. The molecular weight excluding hydrogens is 496 g/mol. The maximum absolute atomic E-state index is 12.0. The molecule has 0 spiro atoms. The first-order valence-corrected chi connectivity index (χ1v) is 7.30. The van der Waals surface area contributed by atoms with Crippen molar-refractivity contribution in [3.05, 3.63) is 67.7 Å². The van der Waals surface area contributed by atoms with Crippen LogP contribution in [0.4, 0.5) is 5.69 Å². The van der Waals surface area contributed by atoms with E-state index in [9.17, 15) is 20.0 Å². The van der Waals surface area contributed by atoms with Crippen molar-refractivity contribution in [3.8, 4) is 5.75 Å². The maximum Gasteiger partial charge on any atom is 3.00 e. The molecule has 0 aliphatic heterocycles. The summed E-state index contributed by atoms with van der Waals surface area (Å²) in [5.41, 5.74) is 2.71. The molecule has 8 nitrogen and oxygen atoms in total. The van der Waals surface area contributed by atoms with Gasteiger partial charge in [-0.25, -0.2) is 5.43 Å². The van der Waals surface area contributed by atoms with Gasteiger partial charge in [0, 0.05) is 27.7 Å². The Bertz CT molecular complexity index is 850. The van der Waals surface area contributed by atoms with E-state index in [1.807, 2.05) is 0 Å². The molecule has 0 aromatic heterocycles. The second-order valence-electron chi connectivity index (χ2n) is 4.71. The second-order valence-corrected chi connectivity index (χ2v) is 5.55.